The molecule has 0 N–H and O–H groups in total. The molecule has 1 heterocycles. The van der Waals surface area contributed by atoms with Crippen LogP contribution in [0.15, 0.2) is 58.7 Å². The predicted octanol–water partition coefficient (Wildman–Crippen LogP) is 3.55. The van der Waals surface area contributed by atoms with E-state index in [9.17, 15) is 19.5 Å². The second-order valence-corrected chi connectivity index (χ2v) is 9.20. The maximum Gasteiger partial charge on any atom is 0.161 e. The maximum absolute atomic E-state index is 13.0. The number of nitrogens with zero attached hydrogens (tertiary/aromatic N) is 1. The highest BCUT2D eigenvalue weighted by Crippen LogP contribution is 2.47. The molecule has 0 amide bonds. The van der Waals surface area contributed by atoms with Gasteiger partial charge >= 0.3 is 0 Å². The summed E-state index contributed by atoms with van der Waals surface area (Å²) >= 11 is 0. The van der Waals surface area contributed by atoms with Crippen LogP contribution in [0.5, 0.6) is 11.5 Å². The van der Waals surface area contributed by atoms with Gasteiger partial charge in [-0.15, -0.1) is 0 Å². The zero-order valence-electron chi connectivity index (χ0n) is 19.5. The third-order valence-electron chi connectivity index (χ3n) is 7.04. The molecule has 2 unspecified atom stereocenters. The molecule has 0 bridgehead atoms. The number of Topliss-reactive ketones (excluding diaryl/α,β-unsaturated/α-hetero) is 2. The van der Waals surface area contributed by atoms with Crippen molar-refractivity contribution in [3.63, 3.8) is 0 Å². The number of hydrogen-bond acceptors (Lipinski definition) is 7. The van der Waals surface area contributed by atoms with E-state index in [0.29, 0.717) is 29.9 Å². The molecule has 1 fully saturated rings. The van der Waals surface area contributed by atoms with Crippen LogP contribution in [0.1, 0.15) is 65.9 Å². The number of rotatable bonds is 6. The van der Waals surface area contributed by atoms with Crippen LogP contribution in [-0.4, -0.2) is 30.4 Å². The van der Waals surface area contributed by atoms with Gasteiger partial charge in [0.1, 0.15) is 12.4 Å². The molecule has 0 spiro atoms. The lowest BCUT2D eigenvalue weighted by Gasteiger charge is -2.38. The summed E-state index contributed by atoms with van der Waals surface area (Å²) in [6, 6.07) is 11.9. The minimum absolute atomic E-state index is 0.0803. The lowest BCUT2D eigenvalue weighted by atomic mass is 9.67. The van der Waals surface area contributed by atoms with Crippen LogP contribution in [0, 0.1) is 5.92 Å². The van der Waals surface area contributed by atoms with Crippen molar-refractivity contribution in [3.8, 4) is 11.5 Å². The molecular weight excluding hydrogens is 446 g/mol. The summed E-state index contributed by atoms with van der Waals surface area (Å²) in [4.78, 5) is 41.8. The first-order valence-corrected chi connectivity index (χ1v) is 11.9. The number of carbonyl (C=O) groups excluding carboxylic acids is 3. The van der Waals surface area contributed by atoms with E-state index in [1.807, 2.05) is 12.1 Å². The van der Waals surface area contributed by atoms with Gasteiger partial charge in [-0.3, -0.25) is 14.6 Å². The van der Waals surface area contributed by atoms with E-state index in [4.69, 9.17) is 14.5 Å². The third kappa shape index (κ3) is 4.38. The quantitative estimate of drug-likeness (QED) is 0.637. The number of aromatic carboxylic acids is 1. The number of allylic oxidation sites excluding steroid dienone is 2. The monoisotopic (exact) mass is 472 g/mol. The normalized spacial score (nSPS) is 21.7. The zero-order chi connectivity index (χ0) is 24.5. The number of hydrogen-bond donors (Lipinski definition) is 0. The molecular formula is C28H26NO6-. The molecule has 3 aliphatic rings. The molecule has 0 radical (unpaired) electrons. The lowest BCUT2D eigenvalue weighted by molar-refractivity contribution is -0.255. The van der Waals surface area contributed by atoms with Crippen LogP contribution in [0.4, 0.5) is 0 Å². The van der Waals surface area contributed by atoms with E-state index in [0.717, 1.165) is 48.2 Å². The second kappa shape index (κ2) is 9.49. The number of aliphatic imine (C=N–C) groups is 1. The smallest absolute Gasteiger partial charge is 0.161 e. The Kier molecular flexibility index (Phi) is 6.24. The Balaban J connectivity index is 1.45. The predicted molar refractivity (Wildman–Crippen MR) is 127 cm³/mol. The Labute approximate surface area is 203 Å². The SMILES string of the molecule is COc1cc(C2C3=C(CCCC3=O)N=C3CCCC(=O)C32)ccc1OCc1ccc(C(=O)[O-])cc1. The highest BCUT2D eigenvalue weighted by molar-refractivity contribution is 6.12. The first-order valence-electron chi connectivity index (χ1n) is 11.9. The molecule has 180 valence electrons. The Morgan fingerprint density at radius 3 is 2.49 bits per heavy atom. The largest absolute Gasteiger partial charge is 0.545 e. The number of ether oxygens (including phenoxy) is 2. The van der Waals surface area contributed by atoms with Crippen LogP contribution < -0.4 is 14.6 Å². The van der Waals surface area contributed by atoms with Crippen molar-refractivity contribution >= 4 is 23.2 Å². The molecule has 1 saturated carbocycles. The van der Waals surface area contributed by atoms with Gasteiger partial charge in [-0.1, -0.05) is 30.3 Å². The second-order valence-electron chi connectivity index (χ2n) is 9.20. The standard InChI is InChI=1S/C28H27NO6/c1-34-24-14-18(12-13-23(24)35-15-16-8-10-17(11-9-16)28(32)33)25-26-19(4-2-6-21(26)30)29-20-5-3-7-22(31)27(20)25/h8-14,25-26H,2-7,15H2,1H3,(H,32,33)/p-1. The van der Waals surface area contributed by atoms with Gasteiger partial charge in [-0.05, 0) is 54.5 Å². The zero-order valence-corrected chi connectivity index (χ0v) is 19.5. The third-order valence-corrected chi connectivity index (χ3v) is 7.04. The highest BCUT2D eigenvalue weighted by atomic mass is 16.5. The number of carboxylic acid groups (broad SMARTS) is 1. The minimum Gasteiger partial charge on any atom is -0.545 e. The van der Waals surface area contributed by atoms with E-state index in [1.165, 1.54) is 12.1 Å². The average molecular weight is 473 g/mol. The van der Waals surface area contributed by atoms with Crippen LogP contribution in [0.25, 0.3) is 0 Å². The summed E-state index contributed by atoms with van der Waals surface area (Å²) in [5.74, 6) is -0.727. The van der Waals surface area contributed by atoms with Crippen molar-refractivity contribution < 1.29 is 29.0 Å². The molecule has 2 atom stereocenters. The summed E-state index contributed by atoms with van der Waals surface area (Å²) in [6.07, 6.45) is 4.13. The fourth-order valence-electron chi connectivity index (χ4n) is 5.35. The number of carboxylic acids is 1. The van der Waals surface area contributed by atoms with E-state index in [1.54, 1.807) is 25.3 Å². The summed E-state index contributed by atoms with van der Waals surface area (Å²) in [5.41, 5.74) is 4.18. The van der Waals surface area contributed by atoms with Gasteiger partial charge in [0.15, 0.2) is 17.3 Å². The van der Waals surface area contributed by atoms with Crippen LogP contribution in [0.3, 0.4) is 0 Å². The Morgan fingerprint density at radius 1 is 0.971 bits per heavy atom. The molecule has 35 heavy (non-hydrogen) atoms. The molecule has 2 aromatic carbocycles. The van der Waals surface area contributed by atoms with Gasteiger partial charge in [0.2, 0.25) is 0 Å². The van der Waals surface area contributed by atoms with Crippen molar-refractivity contribution in [1.82, 2.24) is 0 Å². The Morgan fingerprint density at radius 2 is 1.74 bits per heavy atom. The van der Waals surface area contributed by atoms with Crippen LogP contribution >= 0.6 is 0 Å². The molecule has 0 aromatic heterocycles. The number of methoxy groups -OCH3 is 1. The summed E-state index contributed by atoms with van der Waals surface area (Å²) < 4.78 is 11.6. The van der Waals surface area contributed by atoms with Crippen molar-refractivity contribution in [1.29, 1.82) is 0 Å². The van der Waals surface area contributed by atoms with Crippen molar-refractivity contribution in [3.05, 3.63) is 70.4 Å². The van der Waals surface area contributed by atoms with Gasteiger partial charge in [0.05, 0.1) is 19.0 Å². The lowest BCUT2D eigenvalue weighted by Crippen LogP contribution is -2.39. The topological polar surface area (TPSA) is 105 Å². The van der Waals surface area contributed by atoms with Gasteiger partial charge < -0.3 is 19.4 Å². The van der Waals surface area contributed by atoms with Crippen molar-refractivity contribution in [2.75, 3.05) is 7.11 Å². The van der Waals surface area contributed by atoms with Gasteiger partial charge in [0, 0.05) is 35.7 Å². The molecule has 7 nitrogen and oxygen atoms in total. The van der Waals surface area contributed by atoms with Crippen molar-refractivity contribution in [2.24, 2.45) is 10.9 Å². The van der Waals surface area contributed by atoms with Gasteiger partial charge in [-0.25, -0.2) is 0 Å². The van der Waals surface area contributed by atoms with Gasteiger partial charge in [-0.2, -0.15) is 0 Å². The van der Waals surface area contributed by atoms with Gasteiger partial charge in [0.25, 0.3) is 0 Å². The van der Waals surface area contributed by atoms with E-state index in [2.05, 4.69) is 0 Å². The fourth-order valence-corrected chi connectivity index (χ4v) is 5.35. The Bertz CT molecular complexity index is 1260. The minimum atomic E-state index is -1.23. The number of ketones is 2. The highest BCUT2D eigenvalue weighted by Gasteiger charge is 2.44. The van der Waals surface area contributed by atoms with Crippen LogP contribution in [0.2, 0.25) is 0 Å². The van der Waals surface area contributed by atoms with E-state index in [-0.39, 0.29) is 29.7 Å². The number of fused-ring (bicyclic) bond motifs is 1. The van der Waals surface area contributed by atoms with Crippen LogP contribution in [-0.2, 0) is 16.2 Å². The van der Waals surface area contributed by atoms with E-state index >= 15 is 0 Å². The summed E-state index contributed by atoms with van der Waals surface area (Å²) in [7, 11) is 1.55. The molecule has 1 aliphatic heterocycles. The fraction of sp³-hybridized carbons (Fsp3) is 0.357. The molecule has 2 aromatic rings. The molecule has 5 rings (SSSR count). The van der Waals surface area contributed by atoms with Crippen molar-refractivity contribution in [2.45, 2.75) is 51.0 Å². The summed E-state index contributed by atoms with van der Waals surface area (Å²) in [5, 5.41) is 10.9. The first-order chi connectivity index (χ1) is 17.0. The van der Waals surface area contributed by atoms with E-state index < -0.39 is 11.9 Å². The maximum atomic E-state index is 13.0. The number of benzene rings is 2. The Hall–Kier alpha value is -3.74. The molecule has 2 aliphatic carbocycles. The molecule has 7 heteroatoms. The first kappa shape index (κ1) is 23.0. The number of carbonyl (C=O) groups is 3. The average Bonchev–Trinajstić information content (AvgIpc) is 2.87. The summed E-state index contributed by atoms with van der Waals surface area (Å²) in [6.45, 7) is 0.220. The molecule has 0 saturated heterocycles.